The summed E-state index contributed by atoms with van der Waals surface area (Å²) in [5, 5.41) is 3.19. The molecule has 1 unspecified atom stereocenters. The van der Waals surface area contributed by atoms with Gasteiger partial charge in [0, 0.05) is 24.0 Å². The van der Waals surface area contributed by atoms with Crippen LogP contribution in [0.3, 0.4) is 0 Å². The van der Waals surface area contributed by atoms with E-state index in [1.54, 1.807) is 6.20 Å². The number of anilines is 2. The van der Waals surface area contributed by atoms with Crippen molar-refractivity contribution in [3.8, 4) is 0 Å². The fourth-order valence-corrected chi connectivity index (χ4v) is 3.99. The summed E-state index contributed by atoms with van der Waals surface area (Å²) in [7, 11) is 0. The van der Waals surface area contributed by atoms with Crippen LogP contribution in [-0.2, 0) is 6.42 Å². The summed E-state index contributed by atoms with van der Waals surface area (Å²) in [4.78, 5) is 19.6. The molecule has 2 aliphatic rings. The van der Waals surface area contributed by atoms with Crippen LogP contribution in [0.1, 0.15) is 48.5 Å². The third-order valence-corrected chi connectivity index (χ3v) is 5.16. The number of carbonyl (C=O) groups is 1. The van der Waals surface area contributed by atoms with Crippen molar-refractivity contribution in [1.82, 2.24) is 10.3 Å². The molecule has 0 radical (unpaired) electrons. The number of fused-ring (bicyclic) bond motifs is 1. The summed E-state index contributed by atoms with van der Waals surface area (Å²) in [6.45, 7) is 2.19. The van der Waals surface area contributed by atoms with Crippen LogP contribution in [-0.4, -0.2) is 23.0 Å². The Morgan fingerprint density at radius 3 is 2.79 bits per heavy atom. The maximum Gasteiger partial charge on any atom is 0.255 e. The fourth-order valence-electron chi connectivity index (χ4n) is 3.99. The lowest BCUT2D eigenvalue weighted by atomic mass is 10.1. The zero-order valence-corrected chi connectivity index (χ0v) is 14.0. The van der Waals surface area contributed by atoms with E-state index in [0.29, 0.717) is 17.6 Å². The van der Waals surface area contributed by atoms with Crippen LogP contribution >= 0.6 is 0 Å². The SMILES string of the molecule is CC1Cc2ccccc2N1c1ncccc1C(=O)NC1CCCC1. The van der Waals surface area contributed by atoms with Gasteiger partial charge in [-0.15, -0.1) is 0 Å². The van der Waals surface area contributed by atoms with E-state index < -0.39 is 0 Å². The minimum atomic E-state index is 0.00146. The zero-order chi connectivity index (χ0) is 16.5. The molecule has 1 aromatic carbocycles. The molecule has 0 saturated heterocycles. The summed E-state index contributed by atoms with van der Waals surface area (Å²) >= 11 is 0. The third-order valence-electron chi connectivity index (χ3n) is 5.16. The summed E-state index contributed by atoms with van der Waals surface area (Å²) in [6, 6.07) is 12.7. The normalized spacial score (nSPS) is 20.2. The van der Waals surface area contributed by atoms with Gasteiger partial charge in [0.05, 0.1) is 5.56 Å². The van der Waals surface area contributed by atoms with Crippen LogP contribution in [0.5, 0.6) is 0 Å². The van der Waals surface area contributed by atoms with E-state index in [2.05, 4.69) is 40.3 Å². The van der Waals surface area contributed by atoms with Crippen molar-refractivity contribution in [2.75, 3.05) is 4.90 Å². The highest BCUT2D eigenvalue weighted by molar-refractivity contribution is 6.00. The van der Waals surface area contributed by atoms with Crippen LogP contribution in [0, 0.1) is 0 Å². The van der Waals surface area contributed by atoms with Gasteiger partial charge in [-0.25, -0.2) is 4.98 Å². The van der Waals surface area contributed by atoms with Crippen molar-refractivity contribution in [1.29, 1.82) is 0 Å². The minimum absolute atomic E-state index is 0.00146. The van der Waals surface area contributed by atoms with Gasteiger partial charge in [0.1, 0.15) is 5.82 Å². The van der Waals surface area contributed by atoms with Gasteiger partial charge >= 0.3 is 0 Å². The smallest absolute Gasteiger partial charge is 0.255 e. The molecule has 1 atom stereocenters. The van der Waals surface area contributed by atoms with Crippen LogP contribution < -0.4 is 10.2 Å². The topological polar surface area (TPSA) is 45.2 Å². The number of hydrogen-bond acceptors (Lipinski definition) is 3. The first-order chi connectivity index (χ1) is 11.7. The third kappa shape index (κ3) is 2.66. The average Bonchev–Trinajstić information content (AvgIpc) is 3.21. The molecule has 124 valence electrons. The van der Waals surface area contributed by atoms with Crippen molar-refractivity contribution in [3.05, 3.63) is 53.7 Å². The van der Waals surface area contributed by atoms with Crippen LogP contribution in [0.2, 0.25) is 0 Å². The van der Waals surface area contributed by atoms with Crippen molar-refractivity contribution >= 4 is 17.4 Å². The number of para-hydroxylation sites is 1. The number of nitrogens with one attached hydrogen (secondary N) is 1. The molecule has 2 aromatic rings. The quantitative estimate of drug-likeness (QED) is 0.934. The molecule has 1 saturated carbocycles. The molecule has 1 N–H and O–H groups in total. The van der Waals surface area contributed by atoms with E-state index in [1.165, 1.54) is 24.1 Å². The number of aromatic nitrogens is 1. The molecular weight excluding hydrogens is 298 g/mol. The van der Waals surface area contributed by atoms with Gasteiger partial charge in [0.2, 0.25) is 0 Å². The lowest BCUT2D eigenvalue weighted by Crippen LogP contribution is -2.35. The van der Waals surface area contributed by atoms with Gasteiger partial charge < -0.3 is 10.2 Å². The van der Waals surface area contributed by atoms with E-state index in [1.807, 2.05) is 18.2 Å². The molecule has 1 amide bonds. The van der Waals surface area contributed by atoms with Gasteiger partial charge in [0.25, 0.3) is 5.91 Å². The van der Waals surface area contributed by atoms with Crippen LogP contribution in [0.15, 0.2) is 42.6 Å². The van der Waals surface area contributed by atoms with Gasteiger partial charge in [-0.3, -0.25) is 4.79 Å². The standard InChI is InChI=1S/C20H23N3O/c1-14-13-15-7-2-5-11-18(15)23(14)19-17(10-6-12-21-19)20(24)22-16-8-3-4-9-16/h2,5-7,10-12,14,16H,3-4,8-9,13H2,1H3,(H,22,24). The Labute approximate surface area is 142 Å². The molecule has 4 rings (SSSR count). The van der Waals surface area contributed by atoms with Gasteiger partial charge in [0.15, 0.2) is 0 Å². The first kappa shape index (κ1) is 15.2. The van der Waals surface area contributed by atoms with E-state index in [4.69, 9.17) is 0 Å². The number of benzene rings is 1. The van der Waals surface area contributed by atoms with Crippen molar-refractivity contribution in [3.63, 3.8) is 0 Å². The highest BCUT2D eigenvalue weighted by Crippen LogP contribution is 2.38. The molecule has 0 bridgehead atoms. The molecule has 1 aliphatic heterocycles. The van der Waals surface area contributed by atoms with Gasteiger partial charge in [-0.2, -0.15) is 0 Å². The van der Waals surface area contributed by atoms with Crippen molar-refractivity contribution in [2.45, 2.75) is 51.1 Å². The van der Waals surface area contributed by atoms with Gasteiger partial charge in [-0.1, -0.05) is 31.0 Å². The Bertz CT molecular complexity index is 752. The predicted octanol–water partition coefficient (Wildman–Crippen LogP) is 3.84. The molecule has 2 heterocycles. The number of nitrogens with zero attached hydrogens (tertiary/aromatic N) is 2. The maximum absolute atomic E-state index is 12.8. The molecule has 24 heavy (non-hydrogen) atoms. The van der Waals surface area contributed by atoms with Crippen LogP contribution in [0.25, 0.3) is 0 Å². The lowest BCUT2D eigenvalue weighted by Gasteiger charge is -2.26. The maximum atomic E-state index is 12.8. The zero-order valence-electron chi connectivity index (χ0n) is 14.0. The molecule has 4 heteroatoms. The summed E-state index contributed by atoms with van der Waals surface area (Å²) in [5.74, 6) is 0.770. The van der Waals surface area contributed by atoms with E-state index >= 15 is 0 Å². The Kier molecular flexibility index (Phi) is 3.97. The highest BCUT2D eigenvalue weighted by Gasteiger charge is 2.31. The molecule has 4 nitrogen and oxygen atoms in total. The Morgan fingerprint density at radius 2 is 1.96 bits per heavy atom. The van der Waals surface area contributed by atoms with E-state index in [9.17, 15) is 4.79 Å². The second-order valence-electron chi connectivity index (χ2n) is 6.88. The van der Waals surface area contributed by atoms with Gasteiger partial charge in [-0.05, 0) is 49.9 Å². The average molecular weight is 321 g/mol. The molecule has 1 aliphatic carbocycles. The number of pyridine rings is 1. The number of carbonyl (C=O) groups excluding carboxylic acids is 1. The Hall–Kier alpha value is -2.36. The monoisotopic (exact) mass is 321 g/mol. The predicted molar refractivity (Wildman–Crippen MR) is 95.7 cm³/mol. The van der Waals surface area contributed by atoms with Crippen molar-refractivity contribution < 1.29 is 4.79 Å². The van der Waals surface area contributed by atoms with Crippen LogP contribution in [0.4, 0.5) is 11.5 Å². The largest absolute Gasteiger partial charge is 0.349 e. The van der Waals surface area contributed by atoms with E-state index in [0.717, 1.165) is 25.1 Å². The second kappa shape index (κ2) is 6.27. The number of amides is 1. The minimum Gasteiger partial charge on any atom is -0.349 e. The second-order valence-corrected chi connectivity index (χ2v) is 6.88. The number of rotatable bonds is 3. The number of hydrogen-bond donors (Lipinski definition) is 1. The summed E-state index contributed by atoms with van der Waals surface area (Å²) in [6.07, 6.45) is 7.35. The lowest BCUT2D eigenvalue weighted by molar-refractivity contribution is 0.0938. The molecule has 1 fully saturated rings. The highest BCUT2D eigenvalue weighted by atomic mass is 16.1. The molecule has 1 aromatic heterocycles. The summed E-state index contributed by atoms with van der Waals surface area (Å²) < 4.78 is 0. The van der Waals surface area contributed by atoms with E-state index in [-0.39, 0.29) is 5.91 Å². The fraction of sp³-hybridized carbons (Fsp3) is 0.400. The first-order valence-electron chi connectivity index (χ1n) is 8.87. The molecule has 0 spiro atoms. The first-order valence-corrected chi connectivity index (χ1v) is 8.87. The van der Waals surface area contributed by atoms with Crippen molar-refractivity contribution in [2.24, 2.45) is 0 Å². The Morgan fingerprint density at radius 1 is 1.17 bits per heavy atom. The Balaban J connectivity index is 1.68. The summed E-state index contributed by atoms with van der Waals surface area (Å²) in [5.41, 5.74) is 3.16. The molecular formula is C20H23N3O.